The Balaban J connectivity index is 0.00000345. The first-order valence-electron chi connectivity index (χ1n) is 13.4. The van der Waals surface area contributed by atoms with E-state index in [9.17, 15) is 48.3 Å². The van der Waals surface area contributed by atoms with E-state index >= 15 is 0 Å². The van der Waals surface area contributed by atoms with Crippen molar-refractivity contribution < 1.29 is 70.9 Å². The standard InChI is InChI=1S/C19H33N6O15P3.C2H6/c1-4-5-21-17(28)14(27)19(2,3)7-37-43(34,35)40-42(32,33)36-6-10-13(39-41(29,30)31)12(26)18(38-10)25-9-24-11-15(20)22-8-23-16(11)25;1-2/h8-10,12-14,18,26-27H,4-7H2,1-3H3,(H,21,28)(H,32,33)(H,34,35)(H2,20,22,23)(H2,29,30,31);1-2H3. The van der Waals surface area contributed by atoms with Crippen LogP contribution in [-0.2, 0) is 41.1 Å². The summed E-state index contributed by atoms with van der Waals surface area (Å²) in [6.07, 6.45) is -5.77. The Hall–Kier alpha value is -1.93. The summed E-state index contributed by atoms with van der Waals surface area (Å²) in [5.41, 5.74) is 4.45. The Labute approximate surface area is 257 Å². The summed E-state index contributed by atoms with van der Waals surface area (Å²) in [4.78, 5) is 62.5. The zero-order chi connectivity index (χ0) is 34.4. The fraction of sp³-hybridized carbons (Fsp3) is 0.714. The van der Waals surface area contributed by atoms with Gasteiger partial charge in [-0.05, 0) is 6.42 Å². The quantitative estimate of drug-likeness (QED) is 0.116. The first kappa shape index (κ1) is 39.2. The van der Waals surface area contributed by atoms with E-state index in [0.717, 1.165) is 17.2 Å². The topological polar surface area (TPSA) is 317 Å². The number of rotatable bonds is 15. The van der Waals surface area contributed by atoms with Crippen LogP contribution >= 0.6 is 23.5 Å². The molecule has 0 aromatic carbocycles. The van der Waals surface area contributed by atoms with Crippen molar-refractivity contribution in [2.45, 2.75) is 71.7 Å². The van der Waals surface area contributed by atoms with Crippen LogP contribution in [0.1, 0.15) is 47.3 Å². The molecule has 2 aromatic heterocycles. The number of nitrogens with two attached hydrogens (primary N) is 1. The molecule has 0 bridgehead atoms. The summed E-state index contributed by atoms with van der Waals surface area (Å²) in [6, 6.07) is 0. The first-order chi connectivity index (χ1) is 20.8. The molecule has 21 nitrogen and oxygen atoms in total. The second kappa shape index (κ2) is 15.8. The number of aliphatic hydroxyl groups excluding tert-OH is 2. The van der Waals surface area contributed by atoms with E-state index in [1.54, 1.807) is 6.92 Å². The van der Waals surface area contributed by atoms with Gasteiger partial charge in [0.15, 0.2) is 17.7 Å². The van der Waals surface area contributed by atoms with Gasteiger partial charge in [0.25, 0.3) is 0 Å². The molecule has 0 saturated carbocycles. The molecule has 3 heterocycles. The molecule has 1 amide bonds. The number of nitrogens with one attached hydrogen (secondary N) is 1. The average Bonchev–Trinajstić information content (AvgIpc) is 3.50. The number of hydrogen-bond acceptors (Lipinski definition) is 15. The molecule has 24 heteroatoms. The van der Waals surface area contributed by atoms with Gasteiger partial charge in [-0.2, -0.15) is 4.31 Å². The van der Waals surface area contributed by atoms with E-state index in [1.165, 1.54) is 13.8 Å². The van der Waals surface area contributed by atoms with Gasteiger partial charge in [-0.1, -0.05) is 34.6 Å². The highest BCUT2D eigenvalue weighted by Crippen LogP contribution is 2.61. The van der Waals surface area contributed by atoms with E-state index in [2.05, 4.69) is 29.1 Å². The fourth-order valence-corrected chi connectivity index (χ4v) is 6.63. The molecule has 1 fully saturated rings. The van der Waals surface area contributed by atoms with Crippen molar-refractivity contribution in [1.29, 1.82) is 0 Å². The lowest BCUT2D eigenvalue weighted by molar-refractivity contribution is -0.136. The van der Waals surface area contributed by atoms with E-state index in [1.807, 2.05) is 13.8 Å². The van der Waals surface area contributed by atoms with Crippen molar-refractivity contribution in [3.63, 3.8) is 0 Å². The van der Waals surface area contributed by atoms with E-state index in [4.69, 9.17) is 19.5 Å². The summed E-state index contributed by atoms with van der Waals surface area (Å²) >= 11 is 0. The zero-order valence-electron chi connectivity index (χ0n) is 24.9. The van der Waals surface area contributed by atoms with E-state index in [0.29, 0.717) is 6.42 Å². The van der Waals surface area contributed by atoms with Crippen molar-refractivity contribution in [1.82, 2.24) is 24.8 Å². The molecule has 45 heavy (non-hydrogen) atoms. The number of carbonyl (C=O) groups excluding carboxylic acids is 1. The van der Waals surface area contributed by atoms with Crippen LogP contribution in [0.15, 0.2) is 12.7 Å². The van der Waals surface area contributed by atoms with Crippen molar-refractivity contribution >= 4 is 46.4 Å². The molecule has 1 saturated heterocycles. The van der Waals surface area contributed by atoms with Crippen LogP contribution < -0.4 is 11.1 Å². The fourth-order valence-electron chi connectivity index (χ4n) is 3.80. The lowest BCUT2D eigenvalue weighted by Gasteiger charge is -2.30. The monoisotopic (exact) mass is 708 g/mol. The van der Waals surface area contributed by atoms with Gasteiger partial charge >= 0.3 is 23.5 Å². The maximum atomic E-state index is 12.5. The number of anilines is 1. The van der Waals surface area contributed by atoms with Crippen LogP contribution in [0.5, 0.6) is 0 Å². The van der Waals surface area contributed by atoms with Crippen LogP contribution in [-0.4, -0.2) is 99.4 Å². The van der Waals surface area contributed by atoms with Gasteiger partial charge in [-0.3, -0.25) is 22.9 Å². The number of ether oxygens (including phenoxy) is 1. The molecule has 0 radical (unpaired) electrons. The minimum atomic E-state index is -5.48. The first-order valence-corrected chi connectivity index (χ1v) is 17.9. The van der Waals surface area contributed by atoms with Crippen molar-refractivity contribution in [3.05, 3.63) is 12.7 Å². The van der Waals surface area contributed by atoms with Gasteiger partial charge in [0, 0.05) is 12.0 Å². The highest BCUT2D eigenvalue weighted by Gasteiger charge is 2.50. The lowest BCUT2D eigenvalue weighted by Crippen LogP contribution is -2.46. The number of nitrogens with zero attached hydrogens (tertiary/aromatic N) is 4. The molecular weight excluding hydrogens is 669 g/mol. The second-order valence-electron chi connectivity index (χ2n) is 9.97. The molecule has 258 valence electrons. The van der Waals surface area contributed by atoms with Crippen molar-refractivity contribution in [3.8, 4) is 0 Å². The SMILES string of the molecule is CC.CCCNC(=O)C(O)C(C)(C)COP(=O)(O)OP(=O)(O)OCC1OC(n2cnc3c(N)ncnc32)C(O)C1OP(=O)(O)O. The maximum Gasteiger partial charge on any atom is 0.481 e. The number of fused-ring (bicyclic) bond motifs is 1. The average molecular weight is 708 g/mol. The predicted octanol–water partition coefficient (Wildman–Crippen LogP) is 0.335. The Kier molecular flexibility index (Phi) is 13.8. The third-order valence-corrected chi connectivity index (χ3v) is 9.08. The molecule has 1 aliphatic heterocycles. The number of nitrogen functional groups attached to an aromatic ring is 1. The van der Waals surface area contributed by atoms with Crippen molar-refractivity contribution in [2.24, 2.45) is 5.41 Å². The second-order valence-corrected chi connectivity index (χ2v) is 14.2. The Morgan fingerprint density at radius 2 is 1.76 bits per heavy atom. The van der Waals surface area contributed by atoms with E-state index < -0.39 is 78.6 Å². The molecule has 9 N–H and O–H groups in total. The third kappa shape index (κ3) is 10.8. The molecule has 0 aliphatic carbocycles. The molecule has 7 unspecified atom stereocenters. The summed E-state index contributed by atoms with van der Waals surface area (Å²) in [5.74, 6) is -0.796. The molecular formula is C21H39N6O15P3. The number of phosphoric acid groups is 3. The van der Waals surface area contributed by atoms with E-state index in [-0.39, 0.29) is 23.5 Å². The Morgan fingerprint density at radius 3 is 2.36 bits per heavy atom. The zero-order valence-corrected chi connectivity index (χ0v) is 27.6. The normalized spacial score (nSPS) is 23.9. The van der Waals surface area contributed by atoms with Gasteiger partial charge in [0.05, 0.1) is 19.5 Å². The summed E-state index contributed by atoms with van der Waals surface area (Å²) in [6.45, 7) is 6.84. The minimum absolute atomic E-state index is 0.0224. The highest BCUT2D eigenvalue weighted by atomic mass is 31.3. The predicted molar refractivity (Wildman–Crippen MR) is 154 cm³/mol. The number of aliphatic hydroxyl groups is 2. The number of amides is 1. The van der Waals surface area contributed by atoms with Gasteiger partial charge < -0.3 is 45.6 Å². The maximum absolute atomic E-state index is 12.5. The molecule has 2 aromatic rings. The van der Waals surface area contributed by atoms with Crippen LogP contribution in [0.3, 0.4) is 0 Å². The van der Waals surface area contributed by atoms with Crippen LogP contribution in [0, 0.1) is 5.41 Å². The van der Waals surface area contributed by atoms with Crippen LogP contribution in [0.2, 0.25) is 0 Å². The van der Waals surface area contributed by atoms with Gasteiger partial charge in [0.1, 0.15) is 36.3 Å². The molecule has 0 spiro atoms. The summed E-state index contributed by atoms with van der Waals surface area (Å²) < 4.78 is 61.4. The molecule has 3 rings (SSSR count). The van der Waals surface area contributed by atoms with Crippen LogP contribution in [0.25, 0.3) is 11.2 Å². The number of aromatic nitrogens is 4. The molecule has 7 atom stereocenters. The molecule has 1 aliphatic rings. The Morgan fingerprint density at radius 1 is 1.13 bits per heavy atom. The van der Waals surface area contributed by atoms with Crippen LogP contribution in [0.4, 0.5) is 5.82 Å². The van der Waals surface area contributed by atoms with Crippen molar-refractivity contribution in [2.75, 3.05) is 25.5 Å². The minimum Gasteiger partial charge on any atom is -0.386 e. The van der Waals surface area contributed by atoms with Gasteiger partial charge in [0.2, 0.25) is 5.91 Å². The number of imidazole rings is 1. The summed E-state index contributed by atoms with van der Waals surface area (Å²) in [5, 5.41) is 23.5. The number of phosphoric ester groups is 3. The number of carbonyl (C=O) groups is 1. The smallest absolute Gasteiger partial charge is 0.386 e. The third-order valence-electron chi connectivity index (χ3n) is 5.98. The number of hydrogen-bond donors (Lipinski definition) is 8. The summed E-state index contributed by atoms with van der Waals surface area (Å²) in [7, 11) is -16.1. The lowest BCUT2D eigenvalue weighted by atomic mass is 9.87. The van der Waals surface area contributed by atoms with Gasteiger partial charge in [-0.25, -0.2) is 28.6 Å². The van der Waals surface area contributed by atoms with Gasteiger partial charge in [-0.15, -0.1) is 0 Å². The Bertz CT molecular complexity index is 1440. The largest absolute Gasteiger partial charge is 0.481 e. The highest BCUT2D eigenvalue weighted by molar-refractivity contribution is 7.61.